The Labute approximate surface area is 146 Å². The summed E-state index contributed by atoms with van der Waals surface area (Å²) in [5, 5.41) is 5.11. The largest absolute Gasteiger partial charge is 0.355 e. The van der Waals surface area contributed by atoms with Crippen LogP contribution >= 0.6 is 0 Å². The highest BCUT2D eigenvalue weighted by molar-refractivity contribution is 7.89. The Bertz CT molecular complexity index is 721. The average molecular weight is 371 g/mol. The first-order valence-electron chi connectivity index (χ1n) is 8.14. The number of benzene rings is 1. The van der Waals surface area contributed by atoms with Crippen LogP contribution < -0.4 is 10.6 Å². The predicted octanol–water partition coefficient (Wildman–Crippen LogP) is 0.479. The molecular formula is C16H22FN3O4S. The van der Waals surface area contributed by atoms with Crippen LogP contribution in [0.5, 0.6) is 0 Å². The molecule has 0 spiro atoms. The van der Waals surface area contributed by atoms with Gasteiger partial charge in [0.2, 0.25) is 21.8 Å². The molecule has 2 rings (SSSR count). The molecule has 1 aromatic rings. The third kappa shape index (κ3) is 4.99. The van der Waals surface area contributed by atoms with Gasteiger partial charge in [-0.2, -0.15) is 4.31 Å². The first-order valence-corrected chi connectivity index (χ1v) is 9.58. The molecule has 1 fully saturated rings. The van der Waals surface area contributed by atoms with E-state index in [1.807, 2.05) is 0 Å². The van der Waals surface area contributed by atoms with Crippen LogP contribution in [0.2, 0.25) is 0 Å². The first kappa shape index (κ1) is 19.3. The van der Waals surface area contributed by atoms with E-state index in [9.17, 15) is 22.4 Å². The van der Waals surface area contributed by atoms with Gasteiger partial charge in [-0.3, -0.25) is 9.59 Å². The number of rotatable bonds is 6. The smallest absolute Gasteiger partial charge is 0.243 e. The molecule has 0 saturated carbocycles. The molecule has 0 bridgehead atoms. The summed E-state index contributed by atoms with van der Waals surface area (Å²) in [6, 6.07) is 4.60. The van der Waals surface area contributed by atoms with Crippen molar-refractivity contribution in [2.45, 2.75) is 24.7 Å². The molecule has 0 aliphatic carbocycles. The Balaban J connectivity index is 2.01. The minimum Gasteiger partial charge on any atom is -0.355 e. The number of halogens is 1. The van der Waals surface area contributed by atoms with Gasteiger partial charge in [0.25, 0.3) is 0 Å². The maximum atomic E-state index is 13.0. The van der Waals surface area contributed by atoms with Crippen molar-refractivity contribution in [3.63, 3.8) is 0 Å². The summed E-state index contributed by atoms with van der Waals surface area (Å²) >= 11 is 0. The van der Waals surface area contributed by atoms with Crippen molar-refractivity contribution < 1.29 is 22.4 Å². The van der Waals surface area contributed by atoms with Crippen LogP contribution in [-0.4, -0.2) is 50.7 Å². The normalized spacial score (nSPS) is 18.6. The van der Waals surface area contributed by atoms with Gasteiger partial charge in [-0.1, -0.05) is 0 Å². The summed E-state index contributed by atoms with van der Waals surface area (Å²) in [7, 11) is -3.78. The van der Waals surface area contributed by atoms with Crippen molar-refractivity contribution in [2.75, 3.05) is 26.2 Å². The number of amides is 2. The Kier molecular flexibility index (Phi) is 6.49. The molecule has 1 atom stereocenters. The molecule has 1 unspecified atom stereocenters. The van der Waals surface area contributed by atoms with Crippen molar-refractivity contribution in [3.05, 3.63) is 30.1 Å². The minimum atomic E-state index is -3.78. The van der Waals surface area contributed by atoms with Crippen LogP contribution in [0.25, 0.3) is 0 Å². The van der Waals surface area contributed by atoms with Gasteiger partial charge in [0.1, 0.15) is 5.82 Å². The van der Waals surface area contributed by atoms with Crippen LogP contribution in [0, 0.1) is 11.7 Å². The fraction of sp³-hybridized carbons (Fsp3) is 0.500. The van der Waals surface area contributed by atoms with Gasteiger partial charge in [0, 0.05) is 19.6 Å². The summed E-state index contributed by atoms with van der Waals surface area (Å²) in [5.41, 5.74) is 0. The predicted molar refractivity (Wildman–Crippen MR) is 89.6 cm³/mol. The number of hydrogen-bond acceptors (Lipinski definition) is 4. The maximum absolute atomic E-state index is 13.0. The van der Waals surface area contributed by atoms with Gasteiger partial charge in [-0.25, -0.2) is 12.8 Å². The van der Waals surface area contributed by atoms with Crippen molar-refractivity contribution in [3.8, 4) is 0 Å². The summed E-state index contributed by atoms with van der Waals surface area (Å²) in [6.45, 7) is 2.47. The number of carbonyl (C=O) groups is 2. The highest BCUT2D eigenvalue weighted by Gasteiger charge is 2.33. The molecule has 1 aliphatic rings. The van der Waals surface area contributed by atoms with Crippen molar-refractivity contribution in [2.24, 2.45) is 5.92 Å². The number of likely N-dealkylation sites (N-methyl/N-ethyl adjacent to an activating group) is 1. The van der Waals surface area contributed by atoms with Crippen molar-refractivity contribution in [1.29, 1.82) is 0 Å². The molecule has 9 heteroatoms. The number of hydrogen-bond donors (Lipinski definition) is 2. The zero-order valence-corrected chi connectivity index (χ0v) is 14.8. The van der Waals surface area contributed by atoms with E-state index in [2.05, 4.69) is 10.6 Å². The third-order valence-corrected chi connectivity index (χ3v) is 5.88. The van der Waals surface area contributed by atoms with E-state index >= 15 is 0 Å². The third-order valence-electron chi connectivity index (χ3n) is 4.00. The second-order valence-corrected chi connectivity index (χ2v) is 7.77. The fourth-order valence-electron chi connectivity index (χ4n) is 2.70. The molecule has 1 aliphatic heterocycles. The molecular weight excluding hydrogens is 349 g/mol. The highest BCUT2D eigenvalue weighted by Crippen LogP contribution is 2.24. The summed E-state index contributed by atoms with van der Waals surface area (Å²) in [5.74, 6) is -1.66. The molecule has 7 nitrogen and oxygen atoms in total. The molecule has 138 valence electrons. The number of nitrogens with one attached hydrogen (secondary N) is 2. The lowest BCUT2D eigenvalue weighted by Gasteiger charge is -2.31. The van der Waals surface area contributed by atoms with Gasteiger partial charge >= 0.3 is 0 Å². The second kappa shape index (κ2) is 8.39. The number of piperidine rings is 1. The summed E-state index contributed by atoms with van der Waals surface area (Å²) in [6.07, 6.45) is 1.09. The standard InChI is InChI=1S/C16H22FN3O4S/c1-2-18-15(21)10-19-16(22)12-4-3-9-20(11-12)25(23,24)14-7-5-13(17)6-8-14/h5-8,12H,2-4,9-11H2,1H3,(H,18,21)(H,19,22). The van der Waals surface area contributed by atoms with E-state index in [0.29, 0.717) is 25.9 Å². The first-order chi connectivity index (χ1) is 11.8. The van der Waals surface area contributed by atoms with Crippen LogP contribution in [0.1, 0.15) is 19.8 Å². The average Bonchev–Trinajstić information content (AvgIpc) is 2.60. The van der Waals surface area contributed by atoms with E-state index in [0.717, 1.165) is 12.1 Å². The van der Waals surface area contributed by atoms with Crippen molar-refractivity contribution in [1.82, 2.24) is 14.9 Å². The zero-order chi connectivity index (χ0) is 18.4. The van der Waals surface area contributed by atoms with Gasteiger partial charge in [-0.15, -0.1) is 0 Å². The van der Waals surface area contributed by atoms with E-state index < -0.39 is 21.8 Å². The van der Waals surface area contributed by atoms with Gasteiger partial charge in [-0.05, 0) is 44.0 Å². The second-order valence-electron chi connectivity index (χ2n) is 5.83. The van der Waals surface area contributed by atoms with Gasteiger partial charge in [0.15, 0.2) is 0 Å². The number of nitrogens with zero attached hydrogens (tertiary/aromatic N) is 1. The Morgan fingerprint density at radius 1 is 1.24 bits per heavy atom. The molecule has 1 aromatic carbocycles. The van der Waals surface area contributed by atoms with E-state index in [4.69, 9.17) is 0 Å². The van der Waals surface area contributed by atoms with E-state index in [1.165, 1.54) is 16.4 Å². The molecule has 1 saturated heterocycles. The number of carbonyl (C=O) groups excluding carboxylic acids is 2. The minimum absolute atomic E-state index is 0.00252. The fourth-order valence-corrected chi connectivity index (χ4v) is 4.23. The monoisotopic (exact) mass is 371 g/mol. The van der Waals surface area contributed by atoms with Gasteiger partial charge in [0.05, 0.1) is 17.4 Å². The maximum Gasteiger partial charge on any atom is 0.243 e. The molecule has 0 radical (unpaired) electrons. The Hall–Kier alpha value is -2.00. The lowest BCUT2D eigenvalue weighted by Crippen LogP contribution is -2.47. The quantitative estimate of drug-likeness (QED) is 0.760. The molecule has 0 aromatic heterocycles. The Morgan fingerprint density at radius 3 is 2.56 bits per heavy atom. The van der Waals surface area contributed by atoms with E-state index in [-0.39, 0.29) is 29.8 Å². The topological polar surface area (TPSA) is 95.6 Å². The molecule has 2 amide bonds. The SMILES string of the molecule is CCNC(=O)CNC(=O)C1CCCN(S(=O)(=O)c2ccc(F)cc2)C1. The van der Waals surface area contributed by atoms with E-state index in [1.54, 1.807) is 6.92 Å². The van der Waals surface area contributed by atoms with Crippen molar-refractivity contribution >= 4 is 21.8 Å². The van der Waals surface area contributed by atoms with Crippen LogP contribution in [0.15, 0.2) is 29.2 Å². The lowest BCUT2D eigenvalue weighted by molar-refractivity contribution is -0.129. The Morgan fingerprint density at radius 2 is 1.92 bits per heavy atom. The highest BCUT2D eigenvalue weighted by atomic mass is 32.2. The van der Waals surface area contributed by atoms with Crippen LogP contribution in [0.4, 0.5) is 4.39 Å². The van der Waals surface area contributed by atoms with Gasteiger partial charge < -0.3 is 10.6 Å². The van der Waals surface area contributed by atoms with Crippen LogP contribution in [0.3, 0.4) is 0 Å². The summed E-state index contributed by atoms with van der Waals surface area (Å²) in [4.78, 5) is 23.6. The lowest BCUT2D eigenvalue weighted by atomic mass is 9.99. The van der Waals surface area contributed by atoms with Crippen LogP contribution in [-0.2, 0) is 19.6 Å². The summed E-state index contributed by atoms with van der Waals surface area (Å²) < 4.78 is 39.5. The number of sulfonamides is 1. The zero-order valence-electron chi connectivity index (χ0n) is 14.0. The molecule has 1 heterocycles. The molecule has 25 heavy (non-hydrogen) atoms. The molecule has 2 N–H and O–H groups in total.